The van der Waals surface area contributed by atoms with Gasteiger partial charge in [-0.15, -0.1) is 0 Å². The van der Waals surface area contributed by atoms with Crippen LogP contribution in [-0.4, -0.2) is 38.8 Å². The van der Waals surface area contributed by atoms with Crippen LogP contribution in [0.1, 0.15) is 38.3 Å². The average Bonchev–Trinajstić information content (AvgIpc) is 2.87. The molecule has 5 nitrogen and oxygen atoms in total. The van der Waals surface area contributed by atoms with Gasteiger partial charge in [-0.1, -0.05) is 0 Å². The summed E-state index contributed by atoms with van der Waals surface area (Å²) < 4.78 is 0. The molecule has 0 radical (unpaired) electrons. The van der Waals surface area contributed by atoms with Gasteiger partial charge in [-0.2, -0.15) is 0 Å². The number of nitrogens with zero attached hydrogens (tertiary/aromatic N) is 5. The fraction of sp³-hybridized carbons (Fsp3) is 0.600. The van der Waals surface area contributed by atoms with E-state index in [-0.39, 0.29) is 17.1 Å². The van der Waals surface area contributed by atoms with Crippen molar-refractivity contribution < 1.29 is 17.1 Å². The first-order valence-electron chi connectivity index (χ1n) is 7.55. The van der Waals surface area contributed by atoms with Crippen molar-refractivity contribution in [1.29, 1.82) is 0 Å². The molecule has 1 saturated carbocycles. The van der Waals surface area contributed by atoms with E-state index in [1.807, 2.05) is 6.92 Å². The van der Waals surface area contributed by atoms with Crippen molar-refractivity contribution in [1.82, 2.24) is 14.9 Å². The molecule has 1 aromatic rings. The number of rotatable bonds is 2. The monoisotopic (exact) mass is 359 g/mol. The molecular weight excluding hydrogens is 338 g/mol. The molecule has 0 atom stereocenters. The van der Waals surface area contributed by atoms with Gasteiger partial charge >= 0.3 is 0 Å². The van der Waals surface area contributed by atoms with Gasteiger partial charge in [0.1, 0.15) is 5.69 Å². The molecule has 4 rings (SSSR count). The maximum absolute atomic E-state index is 4.55. The van der Waals surface area contributed by atoms with E-state index in [0.29, 0.717) is 0 Å². The van der Waals surface area contributed by atoms with Crippen LogP contribution in [0.2, 0.25) is 0 Å². The standard InChI is InChI=1S/C15H21N5S.Fe/c1-11(14-8-16-6-7-17-14)18-19-15(21)20-9-12-2-3-13(10-20)5-4-12;/h6-8,12-13H,2-5,9-10H2,1H3,(H,17,19,21);. The maximum Gasteiger partial charge on any atom is 0.189 e. The summed E-state index contributed by atoms with van der Waals surface area (Å²) in [7, 11) is 0. The summed E-state index contributed by atoms with van der Waals surface area (Å²) in [5, 5.41) is 4.97. The SMILES string of the molecule is CC(=N[N-]C(=[SH+])N1CC2CCC(CC2)C1)c1cnccn1.[Fe]. The van der Waals surface area contributed by atoms with E-state index < -0.39 is 0 Å². The molecule has 1 aliphatic carbocycles. The van der Waals surface area contributed by atoms with Crippen molar-refractivity contribution in [2.75, 3.05) is 13.1 Å². The molecule has 0 amide bonds. The first-order valence-corrected chi connectivity index (χ1v) is 7.99. The molecule has 7 heteroatoms. The predicted molar refractivity (Wildman–Crippen MR) is 88.4 cm³/mol. The molecule has 0 unspecified atom stereocenters. The summed E-state index contributed by atoms with van der Waals surface area (Å²) in [6, 6.07) is 0. The van der Waals surface area contributed by atoms with Crippen LogP contribution in [0.3, 0.4) is 0 Å². The summed E-state index contributed by atoms with van der Waals surface area (Å²) in [6.07, 6.45) is 10.4. The fourth-order valence-corrected chi connectivity index (χ4v) is 3.39. The predicted octanol–water partition coefficient (Wildman–Crippen LogP) is 2.06. The van der Waals surface area contributed by atoms with Gasteiger partial charge < -0.3 is 10.5 Å². The van der Waals surface area contributed by atoms with Gasteiger partial charge in [-0.25, -0.2) is 4.90 Å². The van der Waals surface area contributed by atoms with Gasteiger partial charge in [0.15, 0.2) is 17.3 Å². The molecule has 2 bridgehead atoms. The van der Waals surface area contributed by atoms with E-state index in [4.69, 9.17) is 0 Å². The first-order chi connectivity index (χ1) is 10.2. The first kappa shape index (κ1) is 17.5. The van der Waals surface area contributed by atoms with Gasteiger partial charge in [0.05, 0.1) is 6.20 Å². The van der Waals surface area contributed by atoms with Gasteiger partial charge in [0, 0.05) is 48.3 Å². The summed E-state index contributed by atoms with van der Waals surface area (Å²) in [6.45, 7) is 4.03. The van der Waals surface area contributed by atoms with Crippen molar-refractivity contribution in [2.45, 2.75) is 32.6 Å². The Labute approximate surface area is 147 Å². The smallest absolute Gasteiger partial charge is 0.189 e. The fourth-order valence-electron chi connectivity index (χ4n) is 3.18. The third-order valence-corrected chi connectivity index (χ3v) is 4.80. The minimum atomic E-state index is 0. The summed E-state index contributed by atoms with van der Waals surface area (Å²) in [5.74, 6) is 1.59. The van der Waals surface area contributed by atoms with Crippen molar-refractivity contribution in [3.8, 4) is 0 Å². The second-order valence-electron chi connectivity index (χ2n) is 5.97. The normalized spacial score (nSPS) is 25.2. The quantitative estimate of drug-likeness (QED) is 0.203. The van der Waals surface area contributed by atoms with Crippen molar-refractivity contribution in [2.24, 2.45) is 16.9 Å². The van der Waals surface area contributed by atoms with Gasteiger partial charge in [-0.05, 0) is 44.4 Å². The summed E-state index contributed by atoms with van der Waals surface area (Å²) in [4.78, 5) is 10.5. The average molecular weight is 359 g/mol. The zero-order valence-electron chi connectivity index (χ0n) is 12.7. The maximum atomic E-state index is 4.55. The van der Waals surface area contributed by atoms with Gasteiger partial charge in [0.2, 0.25) is 0 Å². The minimum Gasteiger partial charge on any atom is -0.515 e. The van der Waals surface area contributed by atoms with Crippen LogP contribution in [0.4, 0.5) is 0 Å². The van der Waals surface area contributed by atoms with Crippen LogP contribution in [0.25, 0.3) is 5.43 Å². The van der Waals surface area contributed by atoms with E-state index in [1.165, 1.54) is 25.7 Å². The van der Waals surface area contributed by atoms with Crippen LogP contribution < -0.4 is 0 Å². The molecule has 120 valence electrons. The molecule has 3 aliphatic rings. The van der Waals surface area contributed by atoms with Crippen LogP contribution >= 0.6 is 0 Å². The molecule has 1 aromatic heterocycles. The van der Waals surface area contributed by atoms with E-state index in [2.05, 4.69) is 37.6 Å². The molecule has 0 aromatic carbocycles. The summed E-state index contributed by atoms with van der Waals surface area (Å²) in [5.41, 5.74) is 5.79. The zero-order valence-corrected chi connectivity index (χ0v) is 14.7. The number of thiol groups is 1. The Hall–Kier alpha value is -0.881. The van der Waals surface area contributed by atoms with Crippen molar-refractivity contribution in [3.05, 3.63) is 29.7 Å². The van der Waals surface area contributed by atoms with Crippen molar-refractivity contribution >= 4 is 23.0 Å². The largest absolute Gasteiger partial charge is 0.515 e. The molecule has 2 aliphatic heterocycles. The van der Waals surface area contributed by atoms with E-state index >= 15 is 0 Å². The van der Waals surface area contributed by atoms with Crippen LogP contribution in [0, 0.1) is 11.8 Å². The van der Waals surface area contributed by atoms with E-state index in [9.17, 15) is 0 Å². The Bertz CT molecular complexity index is 514. The molecule has 0 spiro atoms. The number of hydrogen-bond acceptors (Lipinski definition) is 3. The Morgan fingerprint density at radius 3 is 2.41 bits per heavy atom. The second-order valence-corrected chi connectivity index (χ2v) is 6.37. The summed E-state index contributed by atoms with van der Waals surface area (Å²) >= 11 is 4.55. The molecule has 3 fully saturated rings. The van der Waals surface area contributed by atoms with E-state index in [0.717, 1.165) is 41.4 Å². The minimum absolute atomic E-state index is 0. The topological polar surface area (TPSA) is 55.5 Å². The number of hydrogen-bond donors (Lipinski definition) is 0. The molecule has 22 heavy (non-hydrogen) atoms. The third-order valence-electron chi connectivity index (χ3n) is 4.43. The Kier molecular flexibility index (Phi) is 6.44. The van der Waals surface area contributed by atoms with Crippen LogP contribution in [0.15, 0.2) is 23.7 Å². The molecule has 2 saturated heterocycles. The Morgan fingerprint density at radius 2 is 1.86 bits per heavy atom. The second kappa shape index (κ2) is 8.11. The Balaban J connectivity index is 0.00000176. The number of aromatic nitrogens is 2. The van der Waals surface area contributed by atoms with Crippen molar-refractivity contribution in [3.63, 3.8) is 0 Å². The third kappa shape index (κ3) is 4.32. The van der Waals surface area contributed by atoms with Crippen LogP contribution in [0.5, 0.6) is 0 Å². The van der Waals surface area contributed by atoms with E-state index in [1.54, 1.807) is 18.6 Å². The van der Waals surface area contributed by atoms with Gasteiger partial charge in [-0.3, -0.25) is 9.97 Å². The molecule has 0 N–H and O–H groups in total. The molecular formula is C15H21FeN5S. The molecule has 3 heterocycles. The van der Waals surface area contributed by atoms with Crippen LogP contribution in [-0.2, 0) is 29.3 Å². The Morgan fingerprint density at radius 1 is 1.23 bits per heavy atom. The number of fused-ring (bicyclic) bond motifs is 4. The van der Waals surface area contributed by atoms with Gasteiger partial charge in [0.25, 0.3) is 0 Å². The zero-order chi connectivity index (χ0) is 14.7.